The van der Waals surface area contributed by atoms with Crippen LogP contribution >= 0.6 is 0 Å². The summed E-state index contributed by atoms with van der Waals surface area (Å²) in [5.74, 6) is 0.0598. The van der Waals surface area contributed by atoms with E-state index in [-0.39, 0.29) is 5.91 Å². The van der Waals surface area contributed by atoms with Crippen molar-refractivity contribution in [1.29, 1.82) is 0 Å². The molecule has 1 amide bonds. The number of nitrogens with one attached hydrogen (secondary N) is 2. The number of hydrogen-bond acceptors (Lipinski definition) is 3. The molecule has 2 fully saturated rings. The van der Waals surface area contributed by atoms with Crippen molar-refractivity contribution in [1.82, 2.24) is 15.8 Å². The molecule has 1 unspecified atom stereocenters. The van der Waals surface area contributed by atoms with Gasteiger partial charge in [0.2, 0.25) is 5.91 Å². The van der Waals surface area contributed by atoms with Crippen molar-refractivity contribution in [2.24, 2.45) is 0 Å². The third kappa shape index (κ3) is 2.07. The van der Waals surface area contributed by atoms with Gasteiger partial charge in [0.1, 0.15) is 0 Å². The maximum absolute atomic E-state index is 10.7. The smallest absolute Gasteiger partial charge is 0.216 e. The van der Waals surface area contributed by atoms with Gasteiger partial charge in [-0.15, -0.1) is 0 Å². The molecule has 1 heterocycles. The van der Waals surface area contributed by atoms with Gasteiger partial charge in [-0.1, -0.05) is 19.3 Å². The van der Waals surface area contributed by atoms with Crippen LogP contribution in [0.4, 0.5) is 0 Å². The standard InChI is InChI=1S/C10H19N3O/c1-9(14)11-7-8-13-10(12-13)5-3-2-4-6-10/h12H,2-8H2,1H3,(H,11,14). The fourth-order valence-corrected chi connectivity index (χ4v) is 2.36. The summed E-state index contributed by atoms with van der Waals surface area (Å²) in [5.41, 5.74) is 3.76. The molecule has 80 valence electrons. The second kappa shape index (κ2) is 3.87. The summed E-state index contributed by atoms with van der Waals surface area (Å²) < 4.78 is 0. The highest BCUT2D eigenvalue weighted by Gasteiger charge is 2.50. The fourth-order valence-electron chi connectivity index (χ4n) is 2.36. The topological polar surface area (TPSA) is 54.0 Å². The second-order valence-electron chi connectivity index (χ2n) is 4.34. The first-order valence-corrected chi connectivity index (χ1v) is 5.53. The minimum atomic E-state index is 0.0598. The van der Waals surface area contributed by atoms with E-state index in [1.165, 1.54) is 32.1 Å². The van der Waals surface area contributed by atoms with Crippen LogP contribution in [0.2, 0.25) is 0 Å². The maximum atomic E-state index is 10.7. The Morgan fingerprint density at radius 2 is 2.14 bits per heavy atom. The van der Waals surface area contributed by atoms with Crippen LogP contribution in [0.3, 0.4) is 0 Å². The molecular weight excluding hydrogens is 178 g/mol. The summed E-state index contributed by atoms with van der Waals surface area (Å²) in [4.78, 5) is 10.7. The monoisotopic (exact) mass is 197 g/mol. The Morgan fingerprint density at radius 3 is 2.79 bits per heavy atom. The van der Waals surface area contributed by atoms with Gasteiger partial charge in [-0.3, -0.25) is 4.79 Å². The first kappa shape index (κ1) is 9.93. The van der Waals surface area contributed by atoms with Crippen LogP contribution in [0, 0.1) is 0 Å². The average molecular weight is 197 g/mol. The van der Waals surface area contributed by atoms with Crippen LogP contribution in [-0.4, -0.2) is 29.7 Å². The van der Waals surface area contributed by atoms with Gasteiger partial charge in [-0.25, -0.2) is 10.4 Å². The van der Waals surface area contributed by atoms with E-state index >= 15 is 0 Å². The lowest BCUT2D eigenvalue weighted by Gasteiger charge is -2.19. The predicted octanol–water partition coefficient (Wildman–Crippen LogP) is 0.603. The number of amides is 1. The summed E-state index contributed by atoms with van der Waals surface area (Å²) in [6.07, 6.45) is 6.59. The second-order valence-corrected chi connectivity index (χ2v) is 4.34. The number of hydrogen-bond donors (Lipinski definition) is 2. The van der Waals surface area contributed by atoms with Crippen molar-refractivity contribution in [2.75, 3.05) is 13.1 Å². The van der Waals surface area contributed by atoms with Crippen molar-refractivity contribution in [3.8, 4) is 0 Å². The van der Waals surface area contributed by atoms with Gasteiger partial charge in [0, 0.05) is 20.0 Å². The number of carbonyl (C=O) groups is 1. The van der Waals surface area contributed by atoms with Crippen LogP contribution in [-0.2, 0) is 4.79 Å². The Morgan fingerprint density at radius 1 is 1.43 bits per heavy atom. The average Bonchev–Trinajstić information content (AvgIpc) is 2.79. The molecule has 1 saturated heterocycles. The Kier molecular flexibility index (Phi) is 2.74. The maximum Gasteiger partial charge on any atom is 0.216 e. The molecule has 1 atom stereocenters. The molecule has 1 aliphatic carbocycles. The van der Waals surface area contributed by atoms with E-state index in [9.17, 15) is 4.79 Å². The highest BCUT2D eigenvalue weighted by atomic mass is 16.1. The Hall–Kier alpha value is -0.610. The van der Waals surface area contributed by atoms with Gasteiger partial charge in [-0.05, 0) is 12.8 Å². The van der Waals surface area contributed by atoms with Crippen LogP contribution in [0.1, 0.15) is 39.0 Å². The zero-order valence-corrected chi connectivity index (χ0v) is 8.81. The molecule has 4 heteroatoms. The Bertz CT molecular complexity index is 223. The van der Waals surface area contributed by atoms with Gasteiger partial charge < -0.3 is 5.32 Å². The summed E-state index contributed by atoms with van der Waals surface area (Å²) in [6.45, 7) is 3.25. The van der Waals surface area contributed by atoms with E-state index in [4.69, 9.17) is 0 Å². The third-order valence-corrected chi connectivity index (χ3v) is 3.20. The number of rotatable bonds is 3. The van der Waals surface area contributed by atoms with Crippen molar-refractivity contribution >= 4 is 5.91 Å². The van der Waals surface area contributed by atoms with Crippen LogP contribution in [0.25, 0.3) is 0 Å². The lowest BCUT2D eigenvalue weighted by molar-refractivity contribution is -0.118. The SMILES string of the molecule is CC(=O)NCCN1NC12CCCCC2. The zero-order chi connectivity index (χ0) is 10.0. The highest BCUT2D eigenvalue weighted by molar-refractivity contribution is 5.72. The van der Waals surface area contributed by atoms with E-state index in [1.807, 2.05) is 0 Å². The van der Waals surface area contributed by atoms with Crippen LogP contribution in [0.15, 0.2) is 0 Å². The van der Waals surface area contributed by atoms with E-state index in [0.717, 1.165) is 13.1 Å². The third-order valence-electron chi connectivity index (χ3n) is 3.20. The van der Waals surface area contributed by atoms with Crippen molar-refractivity contribution in [2.45, 2.75) is 44.7 Å². The molecule has 0 radical (unpaired) electrons. The summed E-state index contributed by atoms with van der Waals surface area (Å²) in [5, 5.41) is 5.10. The van der Waals surface area contributed by atoms with E-state index in [1.54, 1.807) is 6.92 Å². The molecule has 0 aromatic heterocycles. The Balaban J connectivity index is 1.67. The fraction of sp³-hybridized carbons (Fsp3) is 0.900. The number of hydrazine groups is 1. The molecule has 1 aliphatic heterocycles. The molecule has 2 rings (SSSR count). The molecular formula is C10H19N3O. The molecule has 14 heavy (non-hydrogen) atoms. The zero-order valence-electron chi connectivity index (χ0n) is 8.81. The van der Waals surface area contributed by atoms with Crippen molar-refractivity contribution in [3.05, 3.63) is 0 Å². The molecule has 1 spiro atoms. The van der Waals surface area contributed by atoms with Gasteiger partial charge in [-0.2, -0.15) is 0 Å². The predicted molar refractivity (Wildman–Crippen MR) is 54.3 cm³/mol. The molecule has 4 nitrogen and oxygen atoms in total. The molecule has 0 aromatic carbocycles. The largest absolute Gasteiger partial charge is 0.355 e. The van der Waals surface area contributed by atoms with Crippen LogP contribution in [0.5, 0.6) is 0 Å². The number of carbonyl (C=O) groups excluding carboxylic acids is 1. The molecule has 1 saturated carbocycles. The first-order valence-electron chi connectivity index (χ1n) is 5.53. The molecule has 2 N–H and O–H groups in total. The summed E-state index contributed by atoms with van der Waals surface area (Å²) in [7, 11) is 0. The minimum Gasteiger partial charge on any atom is -0.355 e. The van der Waals surface area contributed by atoms with Gasteiger partial charge in [0.05, 0.1) is 5.66 Å². The van der Waals surface area contributed by atoms with E-state index in [2.05, 4.69) is 15.8 Å². The highest BCUT2D eigenvalue weighted by Crippen LogP contribution is 2.39. The Labute approximate surface area is 85.0 Å². The van der Waals surface area contributed by atoms with Crippen LogP contribution < -0.4 is 10.7 Å². The first-order chi connectivity index (χ1) is 6.73. The normalized spacial score (nSPS) is 28.8. The summed E-state index contributed by atoms with van der Waals surface area (Å²) in [6, 6.07) is 0. The molecule has 2 aliphatic rings. The van der Waals surface area contributed by atoms with Crippen molar-refractivity contribution in [3.63, 3.8) is 0 Å². The number of nitrogens with zero attached hydrogens (tertiary/aromatic N) is 1. The van der Waals surface area contributed by atoms with E-state index in [0.29, 0.717) is 5.66 Å². The van der Waals surface area contributed by atoms with Gasteiger partial charge in [0.25, 0.3) is 0 Å². The lowest BCUT2D eigenvalue weighted by atomic mass is 9.92. The lowest BCUT2D eigenvalue weighted by Crippen LogP contribution is -2.30. The van der Waals surface area contributed by atoms with Crippen molar-refractivity contribution < 1.29 is 4.79 Å². The quantitative estimate of drug-likeness (QED) is 0.652. The van der Waals surface area contributed by atoms with Gasteiger partial charge in [0.15, 0.2) is 0 Å². The molecule has 0 aromatic rings. The van der Waals surface area contributed by atoms with Gasteiger partial charge >= 0.3 is 0 Å². The minimum absolute atomic E-state index is 0.0598. The summed E-state index contributed by atoms with van der Waals surface area (Å²) >= 11 is 0. The molecule has 0 bridgehead atoms. The van der Waals surface area contributed by atoms with E-state index < -0.39 is 0 Å².